The predicted octanol–water partition coefficient (Wildman–Crippen LogP) is 5.33. The van der Waals surface area contributed by atoms with Gasteiger partial charge in [-0.3, -0.25) is 18.8 Å². The maximum absolute atomic E-state index is 13.9. The number of rotatable bonds is 7. The lowest BCUT2D eigenvalue weighted by Crippen LogP contribution is -2.23. The van der Waals surface area contributed by atoms with E-state index in [-0.39, 0.29) is 11.1 Å². The quantitative estimate of drug-likeness (QED) is 0.171. The lowest BCUT2D eigenvalue weighted by Gasteiger charge is -2.13. The highest BCUT2D eigenvalue weighted by Crippen LogP contribution is 2.35. The zero-order valence-electron chi connectivity index (χ0n) is 21.4. The second-order valence-electron chi connectivity index (χ2n) is 9.47. The van der Waals surface area contributed by atoms with E-state index in [1.54, 1.807) is 20.6 Å². The molecule has 3 heterocycles. The Bertz CT molecular complexity index is 1730. The van der Waals surface area contributed by atoms with E-state index in [1.165, 1.54) is 28.6 Å². The molecule has 0 aliphatic heterocycles. The van der Waals surface area contributed by atoms with Crippen LogP contribution in [0.4, 0.5) is 5.69 Å². The average Bonchev–Trinajstić information content (AvgIpc) is 3.42. The third-order valence-corrected chi connectivity index (χ3v) is 9.29. The Balaban J connectivity index is 1.29. The summed E-state index contributed by atoms with van der Waals surface area (Å²) in [7, 11) is 1.89. The second kappa shape index (κ2) is 10.3. The van der Waals surface area contributed by atoms with Crippen LogP contribution in [0.25, 0.3) is 21.6 Å². The highest BCUT2D eigenvalue weighted by Gasteiger charge is 2.23. The third kappa shape index (κ3) is 4.29. The SMILES string of the molecule is Cc1c(NCCSc2nc3sc4c(c3c(=O)n2-c2ccccc2)CCCC4)c(=O)n(-c2ccccc2)n1C. The van der Waals surface area contributed by atoms with Crippen molar-refractivity contribution in [3.8, 4) is 11.4 Å². The Labute approximate surface area is 228 Å². The first kappa shape index (κ1) is 24.8. The molecular weight excluding hydrogens is 514 g/mol. The average molecular weight is 544 g/mol. The summed E-state index contributed by atoms with van der Waals surface area (Å²) >= 11 is 3.21. The van der Waals surface area contributed by atoms with Gasteiger partial charge in [-0.25, -0.2) is 9.67 Å². The van der Waals surface area contributed by atoms with Crippen LogP contribution in [0.3, 0.4) is 0 Å². The summed E-state index contributed by atoms with van der Waals surface area (Å²) in [4.78, 5) is 34.2. The first-order valence-electron chi connectivity index (χ1n) is 12.9. The molecule has 9 heteroatoms. The first-order chi connectivity index (χ1) is 18.5. The molecule has 0 unspecified atom stereocenters. The van der Waals surface area contributed by atoms with Crippen molar-refractivity contribution >= 4 is 39.0 Å². The van der Waals surface area contributed by atoms with Crippen molar-refractivity contribution in [2.24, 2.45) is 7.05 Å². The number of para-hydroxylation sites is 2. The van der Waals surface area contributed by atoms with Gasteiger partial charge in [-0.05, 0) is 62.4 Å². The van der Waals surface area contributed by atoms with E-state index in [4.69, 9.17) is 4.98 Å². The molecule has 1 aliphatic carbocycles. The Kier molecular flexibility index (Phi) is 6.71. The smallest absolute Gasteiger partial charge is 0.295 e. The van der Waals surface area contributed by atoms with Crippen molar-refractivity contribution in [2.75, 3.05) is 17.6 Å². The molecule has 0 saturated carbocycles. The Hall–Kier alpha value is -3.56. The number of fused-ring (bicyclic) bond motifs is 3. The monoisotopic (exact) mass is 543 g/mol. The summed E-state index contributed by atoms with van der Waals surface area (Å²) in [6.07, 6.45) is 4.28. The van der Waals surface area contributed by atoms with Crippen LogP contribution in [0.15, 0.2) is 75.4 Å². The minimum Gasteiger partial charge on any atom is -0.378 e. The molecule has 0 atom stereocenters. The number of thioether (sulfide) groups is 1. The van der Waals surface area contributed by atoms with Gasteiger partial charge in [0.25, 0.3) is 11.1 Å². The van der Waals surface area contributed by atoms with Gasteiger partial charge in [0.05, 0.1) is 22.5 Å². The minimum absolute atomic E-state index is 0.0145. The fourth-order valence-corrected chi connectivity index (χ4v) is 7.35. The molecule has 6 rings (SSSR count). The van der Waals surface area contributed by atoms with Gasteiger partial charge in [-0.1, -0.05) is 48.2 Å². The molecule has 194 valence electrons. The Morgan fingerprint density at radius 3 is 2.37 bits per heavy atom. The molecule has 5 aromatic rings. The summed E-state index contributed by atoms with van der Waals surface area (Å²) in [5, 5.41) is 4.82. The van der Waals surface area contributed by atoms with Crippen molar-refractivity contribution in [1.29, 1.82) is 0 Å². The van der Waals surface area contributed by atoms with Gasteiger partial charge in [-0.15, -0.1) is 11.3 Å². The molecule has 0 saturated heterocycles. The van der Waals surface area contributed by atoms with Gasteiger partial charge >= 0.3 is 0 Å². The molecule has 3 aromatic heterocycles. The Morgan fingerprint density at radius 2 is 1.63 bits per heavy atom. The van der Waals surface area contributed by atoms with Gasteiger partial charge in [0.2, 0.25) is 0 Å². The molecule has 0 spiro atoms. The van der Waals surface area contributed by atoms with Gasteiger partial charge in [-0.2, -0.15) is 0 Å². The molecule has 0 bridgehead atoms. The molecule has 1 N–H and O–H groups in total. The first-order valence-corrected chi connectivity index (χ1v) is 14.7. The number of hydrogen-bond donors (Lipinski definition) is 1. The Morgan fingerprint density at radius 1 is 0.947 bits per heavy atom. The second-order valence-corrected chi connectivity index (χ2v) is 11.6. The van der Waals surface area contributed by atoms with Crippen LogP contribution in [0.2, 0.25) is 0 Å². The van der Waals surface area contributed by atoms with E-state index >= 15 is 0 Å². The van der Waals surface area contributed by atoms with Crippen LogP contribution in [0.1, 0.15) is 29.0 Å². The summed E-state index contributed by atoms with van der Waals surface area (Å²) in [6.45, 7) is 2.50. The lowest BCUT2D eigenvalue weighted by atomic mass is 9.97. The molecular formula is C29H29N5O2S2. The molecule has 2 aromatic carbocycles. The highest BCUT2D eigenvalue weighted by atomic mass is 32.2. The van der Waals surface area contributed by atoms with Crippen LogP contribution < -0.4 is 16.4 Å². The third-order valence-electron chi connectivity index (χ3n) is 7.16. The minimum atomic E-state index is -0.0777. The highest BCUT2D eigenvalue weighted by molar-refractivity contribution is 7.99. The van der Waals surface area contributed by atoms with Crippen molar-refractivity contribution in [3.63, 3.8) is 0 Å². The van der Waals surface area contributed by atoms with E-state index in [1.807, 2.05) is 79.3 Å². The van der Waals surface area contributed by atoms with E-state index in [9.17, 15) is 9.59 Å². The largest absolute Gasteiger partial charge is 0.378 e. The lowest BCUT2D eigenvalue weighted by molar-refractivity contribution is 0.630. The van der Waals surface area contributed by atoms with Crippen molar-refractivity contribution in [3.05, 3.63) is 97.5 Å². The number of thiophene rings is 1. The number of hydrogen-bond acceptors (Lipinski definition) is 6. The standard InChI is InChI=1S/C29H29N5O2S2/c1-19-25(28(36)34(32(19)2)21-13-7-4-8-14-21)30-17-18-37-29-31-26-24(22-15-9-10-16-23(22)38-26)27(35)33(29)20-11-5-3-6-12-20/h3-8,11-14,30H,9-10,15-18H2,1-2H3. The zero-order valence-corrected chi connectivity index (χ0v) is 23.1. The van der Waals surface area contributed by atoms with Crippen molar-refractivity contribution < 1.29 is 0 Å². The van der Waals surface area contributed by atoms with Gasteiger partial charge < -0.3 is 5.32 Å². The molecule has 0 radical (unpaired) electrons. The van der Waals surface area contributed by atoms with E-state index < -0.39 is 0 Å². The topological polar surface area (TPSA) is 73.8 Å². The van der Waals surface area contributed by atoms with Crippen molar-refractivity contribution in [2.45, 2.75) is 37.8 Å². The van der Waals surface area contributed by atoms with Crippen LogP contribution in [-0.2, 0) is 19.9 Å². The molecule has 0 amide bonds. The number of benzene rings is 2. The van der Waals surface area contributed by atoms with Crippen LogP contribution in [-0.4, -0.2) is 31.2 Å². The summed E-state index contributed by atoms with van der Waals surface area (Å²) in [5.74, 6) is 0.648. The van der Waals surface area contributed by atoms with Gasteiger partial charge in [0.1, 0.15) is 10.5 Å². The summed E-state index contributed by atoms with van der Waals surface area (Å²) in [6, 6.07) is 19.4. The number of aromatic nitrogens is 4. The zero-order chi connectivity index (χ0) is 26.2. The summed E-state index contributed by atoms with van der Waals surface area (Å²) in [5.41, 5.74) is 4.24. The van der Waals surface area contributed by atoms with Crippen LogP contribution in [0.5, 0.6) is 0 Å². The number of aryl methyl sites for hydroxylation is 2. The number of anilines is 1. The predicted molar refractivity (Wildman–Crippen MR) is 157 cm³/mol. The number of nitrogens with one attached hydrogen (secondary N) is 1. The normalized spacial score (nSPS) is 13.1. The fourth-order valence-electron chi connectivity index (χ4n) is 5.18. The molecule has 7 nitrogen and oxygen atoms in total. The number of nitrogens with zero attached hydrogens (tertiary/aromatic N) is 4. The summed E-state index contributed by atoms with van der Waals surface area (Å²) < 4.78 is 5.30. The fraction of sp³-hybridized carbons (Fsp3) is 0.276. The maximum Gasteiger partial charge on any atom is 0.295 e. The molecule has 38 heavy (non-hydrogen) atoms. The van der Waals surface area contributed by atoms with Gasteiger partial charge in [0, 0.05) is 24.2 Å². The molecule has 0 fully saturated rings. The van der Waals surface area contributed by atoms with E-state index in [0.717, 1.165) is 46.5 Å². The molecule has 1 aliphatic rings. The van der Waals surface area contributed by atoms with E-state index in [0.29, 0.717) is 23.1 Å². The van der Waals surface area contributed by atoms with Crippen LogP contribution in [0, 0.1) is 6.92 Å². The maximum atomic E-state index is 13.9. The van der Waals surface area contributed by atoms with Crippen LogP contribution >= 0.6 is 23.1 Å². The van der Waals surface area contributed by atoms with Gasteiger partial charge in [0.15, 0.2) is 5.16 Å². The van der Waals surface area contributed by atoms with E-state index in [2.05, 4.69) is 5.32 Å². The van der Waals surface area contributed by atoms with Crippen molar-refractivity contribution in [1.82, 2.24) is 18.9 Å².